The Bertz CT molecular complexity index is 780. The number of non-ortho nitro benzene ring substituents is 1. The van der Waals surface area contributed by atoms with Crippen LogP contribution in [0.4, 0.5) is 5.69 Å². The van der Waals surface area contributed by atoms with Crippen molar-refractivity contribution >= 4 is 11.3 Å². The van der Waals surface area contributed by atoms with Crippen molar-refractivity contribution in [3.8, 4) is 17.5 Å². The van der Waals surface area contributed by atoms with Crippen LogP contribution < -0.4 is 0 Å². The van der Waals surface area contributed by atoms with E-state index in [0.29, 0.717) is 18.8 Å². The highest BCUT2D eigenvalue weighted by atomic mass is 16.7. The molecular weight excluding hydrogens is 292 g/mol. The first-order chi connectivity index (χ1) is 10.7. The average Bonchev–Trinajstić information content (AvgIpc) is 3.20. The van der Waals surface area contributed by atoms with Crippen molar-refractivity contribution in [3.05, 3.63) is 46.2 Å². The molecule has 1 aromatic carbocycles. The third-order valence-electron chi connectivity index (χ3n) is 2.84. The van der Waals surface area contributed by atoms with Gasteiger partial charge in [0, 0.05) is 17.7 Å². The monoisotopic (exact) mass is 300 g/mol. The fraction of sp³-hybridized carbons (Fsp3) is 0.154. The molecule has 1 aliphatic heterocycles. The van der Waals surface area contributed by atoms with E-state index in [0.717, 1.165) is 0 Å². The van der Waals surface area contributed by atoms with Gasteiger partial charge in [0.2, 0.25) is 5.82 Å². The average molecular weight is 300 g/mol. The molecule has 22 heavy (non-hydrogen) atoms. The van der Waals surface area contributed by atoms with E-state index in [-0.39, 0.29) is 28.9 Å². The van der Waals surface area contributed by atoms with E-state index in [4.69, 9.17) is 19.3 Å². The second-order valence-corrected chi connectivity index (χ2v) is 4.20. The molecule has 0 saturated carbocycles. The Morgan fingerprint density at radius 2 is 1.95 bits per heavy atom. The first-order valence-corrected chi connectivity index (χ1v) is 6.18. The van der Waals surface area contributed by atoms with Crippen LogP contribution in [0, 0.1) is 21.4 Å². The van der Waals surface area contributed by atoms with Gasteiger partial charge in [-0.1, -0.05) is 5.16 Å². The number of allylic oxidation sites excluding steroid dienone is 1. The van der Waals surface area contributed by atoms with Gasteiger partial charge in [-0.2, -0.15) is 10.2 Å². The number of rotatable bonds is 3. The highest BCUT2D eigenvalue weighted by Gasteiger charge is 2.23. The molecule has 9 heteroatoms. The molecule has 2 heterocycles. The van der Waals surface area contributed by atoms with Gasteiger partial charge in [-0.3, -0.25) is 10.1 Å². The summed E-state index contributed by atoms with van der Waals surface area (Å²) in [5.74, 6) is 0.227. The van der Waals surface area contributed by atoms with Crippen LogP contribution in [0.2, 0.25) is 0 Å². The van der Waals surface area contributed by atoms with Crippen LogP contribution in [-0.2, 0) is 9.47 Å². The highest BCUT2D eigenvalue weighted by molar-refractivity contribution is 5.73. The molecule has 2 aromatic rings. The number of hydrogen-bond donors (Lipinski definition) is 0. The Labute approximate surface area is 123 Å². The maximum Gasteiger partial charge on any atom is 0.303 e. The maximum absolute atomic E-state index is 10.6. The molecule has 0 spiro atoms. The first-order valence-electron chi connectivity index (χ1n) is 6.18. The summed E-state index contributed by atoms with van der Waals surface area (Å²) in [4.78, 5) is 14.2. The normalized spacial score (nSPS) is 13.1. The van der Waals surface area contributed by atoms with Crippen molar-refractivity contribution in [1.29, 1.82) is 5.26 Å². The second kappa shape index (κ2) is 5.53. The van der Waals surface area contributed by atoms with Gasteiger partial charge in [0.15, 0.2) is 5.57 Å². The van der Waals surface area contributed by atoms with Crippen LogP contribution in [0.25, 0.3) is 17.0 Å². The molecule has 1 aliphatic rings. The highest BCUT2D eigenvalue weighted by Crippen LogP contribution is 2.25. The van der Waals surface area contributed by atoms with Crippen molar-refractivity contribution in [2.45, 2.75) is 0 Å². The fourth-order valence-electron chi connectivity index (χ4n) is 1.81. The van der Waals surface area contributed by atoms with E-state index >= 15 is 0 Å². The molecule has 1 aromatic heterocycles. The Morgan fingerprint density at radius 3 is 2.55 bits per heavy atom. The van der Waals surface area contributed by atoms with Gasteiger partial charge in [0.05, 0.1) is 4.92 Å². The van der Waals surface area contributed by atoms with E-state index in [2.05, 4.69) is 10.1 Å². The topological polar surface area (TPSA) is 124 Å². The number of ether oxygens (including phenoxy) is 2. The number of nitriles is 1. The summed E-state index contributed by atoms with van der Waals surface area (Å²) in [6, 6.07) is 7.55. The van der Waals surface area contributed by atoms with E-state index in [1.807, 2.05) is 6.07 Å². The van der Waals surface area contributed by atoms with Crippen LogP contribution in [0.5, 0.6) is 0 Å². The molecule has 0 N–H and O–H groups in total. The summed E-state index contributed by atoms with van der Waals surface area (Å²) in [7, 11) is 0. The molecule has 0 unspecified atom stereocenters. The number of nitro benzene ring substituents is 1. The molecule has 110 valence electrons. The van der Waals surface area contributed by atoms with E-state index < -0.39 is 4.92 Å². The minimum atomic E-state index is -0.502. The summed E-state index contributed by atoms with van der Waals surface area (Å²) < 4.78 is 15.3. The SMILES string of the molecule is N#CC(=C1OCCO1)c1nc(-c2ccc([N+](=O)[O-])cc2)no1. The van der Waals surface area contributed by atoms with Gasteiger partial charge < -0.3 is 14.0 Å². The van der Waals surface area contributed by atoms with E-state index in [9.17, 15) is 10.1 Å². The zero-order valence-corrected chi connectivity index (χ0v) is 11.1. The molecule has 3 rings (SSSR count). The van der Waals surface area contributed by atoms with E-state index in [1.165, 1.54) is 24.3 Å². The maximum atomic E-state index is 10.6. The Balaban J connectivity index is 1.92. The van der Waals surface area contributed by atoms with Crippen molar-refractivity contribution in [3.63, 3.8) is 0 Å². The van der Waals surface area contributed by atoms with Gasteiger partial charge in [0.1, 0.15) is 19.3 Å². The number of benzene rings is 1. The molecule has 0 amide bonds. The van der Waals surface area contributed by atoms with Gasteiger partial charge in [-0.15, -0.1) is 0 Å². The zero-order chi connectivity index (χ0) is 15.5. The van der Waals surface area contributed by atoms with Crippen LogP contribution in [0.3, 0.4) is 0 Å². The molecule has 1 saturated heterocycles. The minimum Gasteiger partial charge on any atom is -0.461 e. The van der Waals surface area contributed by atoms with Crippen molar-refractivity contribution in [2.75, 3.05) is 13.2 Å². The minimum absolute atomic E-state index is 0.0122. The molecule has 0 aliphatic carbocycles. The molecular formula is C13H8N4O5. The van der Waals surface area contributed by atoms with Gasteiger partial charge in [0.25, 0.3) is 11.6 Å². The first kappa shape index (κ1) is 13.6. The number of hydrogen-bond acceptors (Lipinski definition) is 8. The van der Waals surface area contributed by atoms with Gasteiger partial charge in [-0.05, 0) is 12.1 Å². The lowest BCUT2D eigenvalue weighted by Gasteiger charge is -1.97. The largest absolute Gasteiger partial charge is 0.461 e. The van der Waals surface area contributed by atoms with Crippen LogP contribution in [0.15, 0.2) is 34.7 Å². The fourth-order valence-corrected chi connectivity index (χ4v) is 1.81. The number of aromatic nitrogens is 2. The van der Waals surface area contributed by atoms with Crippen LogP contribution >= 0.6 is 0 Å². The van der Waals surface area contributed by atoms with E-state index in [1.54, 1.807) is 0 Å². The third kappa shape index (κ3) is 2.45. The van der Waals surface area contributed by atoms with Gasteiger partial charge >= 0.3 is 5.95 Å². The number of nitro groups is 1. The molecule has 0 atom stereocenters. The summed E-state index contributed by atoms with van der Waals surface area (Å²) in [5.41, 5.74) is 0.495. The molecule has 0 bridgehead atoms. The second-order valence-electron chi connectivity index (χ2n) is 4.20. The van der Waals surface area contributed by atoms with Gasteiger partial charge in [-0.25, -0.2) is 0 Å². The van der Waals surface area contributed by atoms with Crippen LogP contribution in [-0.4, -0.2) is 28.3 Å². The summed E-state index contributed by atoms with van der Waals surface area (Å²) >= 11 is 0. The van der Waals surface area contributed by atoms with Crippen LogP contribution in [0.1, 0.15) is 5.89 Å². The molecule has 0 radical (unpaired) electrons. The number of nitrogens with zero attached hydrogens (tertiary/aromatic N) is 4. The summed E-state index contributed by atoms with van der Waals surface area (Å²) in [5, 5.41) is 23.5. The smallest absolute Gasteiger partial charge is 0.303 e. The van der Waals surface area contributed by atoms with Crippen molar-refractivity contribution < 1.29 is 18.9 Å². The Kier molecular flexibility index (Phi) is 3.41. The molecule has 1 fully saturated rings. The van der Waals surface area contributed by atoms with Crippen molar-refractivity contribution in [1.82, 2.24) is 10.1 Å². The predicted octanol–water partition coefficient (Wildman–Crippen LogP) is 1.88. The lowest BCUT2D eigenvalue weighted by molar-refractivity contribution is -0.384. The lowest BCUT2D eigenvalue weighted by atomic mass is 10.2. The summed E-state index contributed by atoms with van der Waals surface area (Å²) in [6.07, 6.45) is 0. The predicted molar refractivity (Wildman–Crippen MR) is 70.8 cm³/mol. The standard InChI is InChI=1S/C13H8N4O5/c14-7-10(13-20-5-6-21-13)12-15-11(16-22-12)8-1-3-9(4-2-8)17(18)19/h1-4H,5-6H2. The Morgan fingerprint density at radius 1 is 1.27 bits per heavy atom. The van der Waals surface area contributed by atoms with Crippen molar-refractivity contribution in [2.24, 2.45) is 0 Å². The Hall–Kier alpha value is -3.41. The lowest BCUT2D eigenvalue weighted by Crippen LogP contribution is -1.91. The zero-order valence-electron chi connectivity index (χ0n) is 11.1. The third-order valence-corrected chi connectivity index (χ3v) is 2.84. The quantitative estimate of drug-likeness (QED) is 0.478. The summed E-state index contributed by atoms with van der Waals surface area (Å²) in [6.45, 7) is 0.702. The molecule has 9 nitrogen and oxygen atoms in total.